The summed E-state index contributed by atoms with van der Waals surface area (Å²) < 4.78 is 5.56. The molecule has 6 nitrogen and oxygen atoms in total. The first-order valence-corrected chi connectivity index (χ1v) is 7.12. The van der Waals surface area contributed by atoms with E-state index in [4.69, 9.17) is 4.42 Å². The van der Waals surface area contributed by atoms with Crippen molar-refractivity contribution in [3.05, 3.63) is 28.3 Å². The normalized spacial score (nSPS) is 19.1. The van der Waals surface area contributed by atoms with Crippen LogP contribution in [0.2, 0.25) is 0 Å². The molecule has 0 radical (unpaired) electrons. The van der Waals surface area contributed by atoms with E-state index in [9.17, 15) is 10.1 Å². The molecule has 1 saturated heterocycles. The Labute approximate surface area is 113 Å². The number of non-ortho nitro benzene ring substituents is 1. The van der Waals surface area contributed by atoms with Crippen molar-refractivity contribution in [3.8, 4) is 0 Å². The van der Waals surface area contributed by atoms with Crippen LogP contribution in [-0.4, -0.2) is 28.2 Å². The minimum atomic E-state index is -0.427. The summed E-state index contributed by atoms with van der Waals surface area (Å²) >= 11 is 1.55. The van der Waals surface area contributed by atoms with Gasteiger partial charge in [0.2, 0.25) is 0 Å². The van der Waals surface area contributed by atoms with Crippen LogP contribution < -0.4 is 5.32 Å². The topological polar surface area (TPSA) is 81.2 Å². The van der Waals surface area contributed by atoms with Crippen molar-refractivity contribution >= 4 is 28.5 Å². The molecule has 1 aliphatic heterocycles. The summed E-state index contributed by atoms with van der Waals surface area (Å²) in [6.45, 7) is 1.07. The van der Waals surface area contributed by atoms with E-state index >= 15 is 0 Å². The molecule has 100 valence electrons. The van der Waals surface area contributed by atoms with E-state index in [1.54, 1.807) is 17.8 Å². The largest absolute Gasteiger partial charge is 0.431 e. The molecule has 0 spiro atoms. The maximum atomic E-state index is 10.7. The molecule has 1 fully saturated rings. The molecule has 3 rings (SSSR count). The van der Waals surface area contributed by atoms with Gasteiger partial charge in [-0.1, -0.05) is 11.8 Å². The van der Waals surface area contributed by atoms with Crippen molar-refractivity contribution in [1.29, 1.82) is 0 Å². The lowest BCUT2D eigenvalue weighted by Crippen LogP contribution is -2.23. The molecule has 0 amide bonds. The second-order valence-corrected chi connectivity index (χ2v) is 5.46. The first-order valence-electron chi connectivity index (χ1n) is 6.13. The molecule has 7 heteroatoms. The van der Waals surface area contributed by atoms with Gasteiger partial charge in [-0.2, -0.15) is 0 Å². The van der Waals surface area contributed by atoms with Crippen LogP contribution in [0.1, 0.15) is 12.8 Å². The van der Waals surface area contributed by atoms with E-state index < -0.39 is 4.92 Å². The quantitative estimate of drug-likeness (QED) is 0.526. The van der Waals surface area contributed by atoms with Gasteiger partial charge >= 0.3 is 0 Å². The van der Waals surface area contributed by atoms with Crippen LogP contribution in [0.3, 0.4) is 0 Å². The molecule has 1 aromatic carbocycles. The molecule has 1 aliphatic rings. The highest BCUT2D eigenvalue weighted by Gasteiger charge is 2.16. The number of aromatic nitrogens is 1. The lowest BCUT2D eigenvalue weighted by atomic mass is 10.3. The molecular weight excluding hydrogens is 266 g/mol. The zero-order valence-corrected chi connectivity index (χ0v) is 11.0. The molecule has 2 heterocycles. The summed E-state index contributed by atoms with van der Waals surface area (Å²) in [5.74, 6) is 0.912. The van der Waals surface area contributed by atoms with E-state index in [2.05, 4.69) is 10.3 Å². The first-order chi connectivity index (χ1) is 9.22. The van der Waals surface area contributed by atoms with Crippen molar-refractivity contribution in [2.45, 2.75) is 24.1 Å². The molecule has 0 saturated carbocycles. The van der Waals surface area contributed by atoms with Crippen LogP contribution in [0.25, 0.3) is 11.1 Å². The number of nitro groups is 1. The molecular formula is C12H13N3O3S. The Balaban J connectivity index is 1.75. The third-order valence-electron chi connectivity index (χ3n) is 3.13. The van der Waals surface area contributed by atoms with E-state index in [0.29, 0.717) is 22.4 Å². The molecule has 1 aromatic heterocycles. The maximum Gasteiger partial charge on any atom is 0.271 e. The smallest absolute Gasteiger partial charge is 0.271 e. The monoisotopic (exact) mass is 279 g/mol. The van der Waals surface area contributed by atoms with E-state index in [-0.39, 0.29) is 5.69 Å². The van der Waals surface area contributed by atoms with Crippen LogP contribution in [0.4, 0.5) is 5.69 Å². The second-order valence-electron chi connectivity index (χ2n) is 4.49. The highest BCUT2D eigenvalue weighted by molar-refractivity contribution is 7.99. The lowest BCUT2D eigenvalue weighted by Gasteiger charge is -2.06. The Bertz CT molecular complexity index is 607. The standard InChI is InChI=1S/C12H13N3O3S/c16-15(17)9-3-4-11-10(6-9)14-12(18-11)19-7-8-2-1-5-13-8/h3-4,6,8,13H,1-2,5,7H2. The number of hydrogen-bond donors (Lipinski definition) is 1. The van der Waals surface area contributed by atoms with Gasteiger partial charge in [0.25, 0.3) is 10.9 Å². The van der Waals surface area contributed by atoms with Gasteiger partial charge in [-0.25, -0.2) is 4.98 Å². The van der Waals surface area contributed by atoms with Crippen molar-refractivity contribution in [2.24, 2.45) is 0 Å². The van der Waals surface area contributed by atoms with E-state index in [1.165, 1.54) is 25.0 Å². The summed E-state index contributed by atoms with van der Waals surface area (Å²) in [5, 5.41) is 14.7. The summed E-state index contributed by atoms with van der Waals surface area (Å²) in [4.78, 5) is 14.5. The Kier molecular flexibility index (Phi) is 3.39. The zero-order chi connectivity index (χ0) is 13.2. The summed E-state index contributed by atoms with van der Waals surface area (Å²) in [6.07, 6.45) is 2.39. The second kappa shape index (κ2) is 5.18. The van der Waals surface area contributed by atoms with Gasteiger partial charge in [0.05, 0.1) is 4.92 Å². The highest BCUT2D eigenvalue weighted by atomic mass is 32.2. The molecule has 1 N–H and O–H groups in total. The predicted octanol–water partition coefficient (Wildman–Crippen LogP) is 2.58. The number of hydrogen-bond acceptors (Lipinski definition) is 6. The third kappa shape index (κ3) is 2.71. The molecule has 2 aromatic rings. The van der Waals surface area contributed by atoms with E-state index in [1.807, 2.05) is 0 Å². The Morgan fingerprint density at radius 2 is 2.47 bits per heavy atom. The van der Waals surface area contributed by atoms with Crippen molar-refractivity contribution in [1.82, 2.24) is 10.3 Å². The molecule has 1 atom stereocenters. The fourth-order valence-electron chi connectivity index (χ4n) is 2.14. The Morgan fingerprint density at radius 1 is 1.58 bits per heavy atom. The number of benzene rings is 1. The number of rotatable bonds is 4. The van der Waals surface area contributed by atoms with Crippen LogP contribution in [0.5, 0.6) is 0 Å². The van der Waals surface area contributed by atoms with Gasteiger partial charge in [0.15, 0.2) is 5.58 Å². The minimum Gasteiger partial charge on any atom is -0.431 e. The van der Waals surface area contributed by atoms with Gasteiger partial charge in [-0.05, 0) is 25.5 Å². The number of nitro benzene ring substituents is 1. The Hall–Kier alpha value is -1.60. The predicted molar refractivity (Wildman–Crippen MR) is 72.4 cm³/mol. The number of nitrogens with one attached hydrogen (secondary N) is 1. The molecule has 19 heavy (non-hydrogen) atoms. The van der Waals surface area contributed by atoms with Crippen LogP contribution in [0, 0.1) is 10.1 Å². The van der Waals surface area contributed by atoms with Gasteiger partial charge in [-0.3, -0.25) is 10.1 Å². The maximum absolute atomic E-state index is 10.7. The van der Waals surface area contributed by atoms with Crippen molar-refractivity contribution in [3.63, 3.8) is 0 Å². The van der Waals surface area contributed by atoms with E-state index in [0.717, 1.165) is 12.3 Å². The van der Waals surface area contributed by atoms with Gasteiger partial charge < -0.3 is 9.73 Å². The summed E-state index contributed by atoms with van der Waals surface area (Å²) in [5.41, 5.74) is 1.17. The highest BCUT2D eigenvalue weighted by Crippen LogP contribution is 2.27. The SMILES string of the molecule is O=[N+]([O-])c1ccc2oc(SCC3CCCN3)nc2c1. The molecule has 1 unspecified atom stereocenters. The average Bonchev–Trinajstić information content (AvgIpc) is 3.04. The third-order valence-corrected chi connectivity index (χ3v) is 4.12. The van der Waals surface area contributed by atoms with Crippen LogP contribution in [-0.2, 0) is 0 Å². The summed E-state index contributed by atoms with van der Waals surface area (Å²) in [7, 11) is 0. The number of nitrogens with zero attached hydrogens (tertiary/aromatic N) is 2. The van der Waals surface area contributed by atoms with Crippen LogP contribution in [0.15, 0.2) is 27.8 Å². The number of thioether (sulfide) groups is 1. The molecule has 0 bridgehead atoms. The number of fused-ring (bicyclic) bond motifs is 1. The summed E-state index contributed by atoms with van der Waals surface area (Å²) in [6, 6.07) is 4.98. The zero-order valence-electron chi connectivity index (χ0n) is 10.2. The van der Waals surface area contributed by atoms with Gasteiger partial charge in [0.1, 0.15) is 5.52 Å². The van der Waals surface area contributed by atoms with Crippen molar-refractivity contribution in [2.75, 3.05) is 12.3 Å². The van der Waals surface area contributed by atoms with Gasteiger partial charge in [0, 0.05) is 23.9 Å². The number of oxazole rings is 1. The molecule has 0 aliphatic carbocycles. The fraction of sp³-hybridized carbons (Fsp3) is 0.417. The van der Waals surface area contributed by atoms with Gasteiger partial charge in [-0.15, -0.1) is 0 Å². The van der Waals surface area contributed by atoms with Crippen LogP contribution >= 0.6 is 11.8 Å². The fourth-order valence-corrected chi connectivity index (χ4v) is 3.08. The Morgan fingerprint density at radius 3 is 3.21 bits per heavy atom. The minimum absolute atomic E-state index is 0.0369. The van der Waals surface area contributed by atoms with Crippen molar-refractivity contribution < 1.29 is 9.34 Å². The first kappa shape index (κ1) is 12.4. The lowest BCUT2D eigenvalue weighted by molar-refractivity contribution is -0.384. The average molecular weight is 279 g/mol.